The Morgan fingerprint density at radius 3 is 2.69 bits per heavy atom. The van der Waals surface area contributed by atoms with Crippen LogP contribution in [-0.2, 0) is 13.1 Å². The first-order valence-electron chi connectivity index (χ1n) is 5.78. The zero-order valence-corrected chi connectivity index (χ0v) is 9.58. The van der Waals surface area contributed by atoms with E-state index in [2.05, 4.69) is 21.4 Å². The van der Waals surface area contributed by atoms with Crippen molar-refractivity contribution in [2.75, 3.05) is 13.1 Å². The van der Waals surface area contributed by atoms with Crippen molar-refractivity contribution < 1.29 is 10.2 Å². The Bertz CT molecular complexity index is 330. The van der Waals surface area contributed by atoms with Crippen LogP contribution < -0.4 is 0 Å². The summed E-state index contributed by atoms with van der Waals surface area (Å²) in [7, 11) is 0. The number of likely N-dealkylation sites (tertiary alicyclic amines) is 1. The molecule has 1 fully saturated rings. The monoisotopic (exact) mass is 225 g/mol. The summed E-state index contributed by atoms with van der Waals surface area (Å²) in [5, 5.41) is 18.9. The summed E-state index contributed by atoms with van der Waals surface area (Å²) in [4.78, 5) is 6.19. The van der Waals surface area contributed by atoms with Gasteiger partial charge in [0.25, 0.3) is 0 Å². The standard InChI is InChI=1S/C11H19N3O2/c1-2-3-14-8-12-4-9(14)5-13-6-10(15)11(16)7-13/h4,8,10-11,15-16H,2-3,5-7H2,1H3. The summed E-state index contributed by atoms with van der Waals surface area (Å²) in [5.41, 5.74) is 1.14. The minimum absolute atomic E-state index is 0.540. The molecule has 2 N–H and O–H groups in total. The minimum atomic E-state index is -0.609. The Hall–Kier alpha value is -0.910. The van der Waals surface area contributed by atoms with Crippen LogP contribution in [0.2, 0.25) is 0 Å². The molecular formula is C11H19N3O2. The number of hydrogen-bond donors (Lipinski definition) is 2. The second kappa shape index (κ2) is 4.95. The first-order chi connectivity index (χ1) is 7.70. The van der Waals surface area contributed by atoms with Crippen molar-refractivity contribution >= 4 is 0 Å². The van der Waals surface area contributed by atoms with Crippen molar-refractivity contribution in [3.05, 3.63) is 18.2 Å². The third-order valence-corrected chi connectivity index (χ3v) is 2.98. The maximum absolute atomic E-state index is 9.46. The van der Waals surface area contributed by atoms with Crippen LogP contribution in [0.25, 0.3) is 0 Å². The Morgan fingerprint density at radius 1 is 1.38 bits per heavy atom. The molecule has 0 radical (unpaired) electrons. The summed E-state index contributed by atoms with van der Waals surface area (Å²) in [5.74, 6) is 0. The van der Waals surface area contributed by atoms with Crippen molar-refractivity contribution in [3.63, 3.8) is 0 Å². The number of imidazole rings is 1. The maximum atomic E-state index is 9.46. The Balaban J connectivity index is 1.96. The SMILES string of the molecule is CCCn1cncc1CN1CC(O)C(O)C1. The molecule has 0 bridgehead atoms. The molecule has 2 atom stereocenters. The van der Waals surface area contributed by atoms with Gasteiger partial charge in [-0.25, -0.2) is 4.98 Å². The molecule has 1 saturated heterocycles. The first-order valence-corrected chi connectivity index (χ1v) is 5.78. The number of nitrogens with zero attached hydrogens (tertiary/aromatic N) is 3. The quantitative estimate of drug-likeness (QED) is 0.747. The van der Waals surface area contributed by atoms with Gasteiger partial charge in [0.1, 0.15) is 0 Å². The smallest absolute Gasteiger partial charge is 0.0948 e. The van der Waals surface area contributed by atoms with Gasteiger partial charge in [-0.3, -0.25) is 4.90 Å². The second-order valence-electron chi connectivity index (χ2n) is 4.41. The van der Waals surface area contributed by atoms with Gasteiger partial charge in [0.2, 0.25) is 0 Å². The van der Waals surface area contributed by atoms with Crippen molar-refractivity contribution in [2.24, 2.45) is 0 Å². The number of rotatable bonds is 4. The van der Waals surface area contributed by atoms with Gasteiger partial charge in [-0.2, -0.15) is 0 Å². The zero-order valence-electron chi connectivity index (χ0n) is 9.58. The van der Waals surface area contributed by atoms with E-state index in [0.29, 0.717) is 13.1 Å². The molecule has 0 saturated carbocycles. The van der Waals surface area contributed by atoms with Gasteiger partial charge in [-0.05, 0) is 6.42 Å². The molecule has 1 aliphatic heterocycles. The number of hydrogen-bond acceptors (Lipinski definition) is 4. The van der Waals surface area contributed by atoms with Crippen LogP contribution in [0.1, 0.15) is 19.0 Å². The normalized spacial score (nSPS) is 26.4. The molecule has 1 aromatic heterocycles. The molecule has 0 amide bonds. The highest BCUT2D eigenvalue weighted by molar-refractivity contribution is 5.00. The lowest BCUT2D eigenvalue weighted by Crippen LogP contribution is -2.23. The highest BCUT2D eigenvalue weighted by Crippen LogP contribution is 2.14. The Labute approximate surface area is 95.3 Å². The number of aliphatic hydroxyl groups is 2. The summed E-state index contributed by atoms with van der Waals surface area (Å²) >= 11 is 0. The van der Waals surface area contributed by atoms with Crippen LogP contribution in [0.4, 0.5) is 0 Å². The van der Waals surface area contributed by atoms with Crippen molar-refractivity contribution in [2.45, 2.75) is 38.6 Å². The van der Waals surface area contributed by atoms with E-state index < -0.39 is 12.2 Å². The van der Waals surface area contributed by atoms with E-state index >= 15 is 0 Å². The van der Waals surface area contributed by atoms with E-state index in [-0.39, 0.29) is 0 Å². The lowest BCUT2D eigenvalue weighted by atomic mass is 10.3. The summed E-state index contributed by atoms with van der Waals surface area (Å²) < 4.78 is 2.12. The summed E-state index contributed by atoms with van der Waals surface area (Å²) in [6.07, 6.45) is 3.55. The van der Waals surface area contributed by atoms with Gasteiger partial charge in [0.05, 0.1) is 24.2 Å². The van der Waals surface area contributed by atoms with E-state index in [1.165, 1.54) is 0 Å². The van der Waals surface area contributed by atoms with E-state index in [0.717, 1.165) is 25.2 Å². The predicted octanol–water partition coefficient (Wildman–Crippen LogP) is -0.170. The van der Waals surface area contributed by atoms with E-state index in [9.17, 15) is 10.2 Å². The fourth-order valence-corrected chi connectivity index (χ4v) is 2.13. The highest BCUT2D eigenvalue weighted by atomic mass is 16.3. The van der Waals surface area contributed by atoms with E-state index in [1.807, 2.05) is 12.5 Å². The van der Waals surface area contributed by atoms with Crippen molar-refractivity contribution in [3.8, 4) is 0 Å². The average molecular weight is 225 g/mol. The molecule has 90 valence electrons. The van der Waals surface area contributed by atoms with E-state index in [4.69, 9.17) is 0 Å². The molecule has 1 aromatic rings. The molecule has 1 aliphatic rings. The fraction of sp³-hybridized carbons (Fsp3) is 0.727. The van der Waals surface area contributed by atoms with Gasteiger partial charge in [-0.15, -0.1) is 0 Å². The van der Waals surface area contributed by atoms with Gasteiger partial charge < -0.3 is 14.8 Å². The molecular weight excluding hydrogens is 206 g/mol. The summed E-state index contributed by atoms with van der Waals surface area (Å²) in [6, 6.07) is 0. The Kier molecular flexibility index (Phi) is 3.58. The highest BCUT2D eigenvalue weighted by Gasteiger charge is 2.29. The third kappa shape index (κ3) is 2.42. The number of aryl methyl sites for hydroxylation is 1. The molecule has 0 aliphatic carbocycles. The molecule has 0 aromatic carbocycles. The van der Waals surface area contributed by atoms with Crippen LogP contribution >= 0.6 is 0 Å². The average Bonchev–Trinajstić information content (AvgIpc) is 2.77. The topological polar surface area (TPSA) is 61.5 Å². The largest absolute Gasteiger partial charge is 0.389 e. The van der Waals surface area contributed by atoms with Crippen LogP contribution in [-0.4, -0.2) is 50.0 Å². The van der Waals surface area contributed by atoms with Crippen molar-refractivity contribution in [1.29, 1.82) is 0 Å². The lowest BCUT2D eigenvalue weighted by Gasteiger charge is -2.15. The molecule has 2 heterocycles. The summed E-state index contributed by atoms with van der Waals surface area (Å²) in [6.45, 7) is 4.92. The molecule has 5 nitrogen and oxygen atoms in total. The Morgan fingerprint density at radius 2 is 2.06 bits per heavy atom. The predicted molar refractivity (Wildman–Crippen MR) is 59.8 cm³/mol. The maximum Gasteiger partial charge on any atom is 0.0948 e. The van der Waals surface area contributed by atoms with Gasteiger partial charge in [0, 0.05) is 32.4 Å². The number of β-amino-alcohol motifs (C(OH)–C–C–N with tert-alkyl or cyclic N) is 2. The number of aliphatic hydroxyl groups excluding tert-OH is 2. The molecule has 2 unspecified atom stereocenters. The number of aromatic nitrogens is 2. The molecule has 5 heteroatoms. The lowest BCUT2D eigenvalue weighted by molar-refractivity contribution is 0.0572. The fourth-order valence-electron chi connectivity index (χ4n) is 2.13. The van der Waals surface area contributed by atoms with Gasteiger partial charge in [0.15, 0.2) is 0 Å². The van der Waals surface area contributed by atoms with Gasteiger partial charge >= 0.3 is 0 Å². The van der Waals surface area contributed by atoms with Crippen LogP contribution in [0, 0.1) is 0 Å². The second-order valence-corrected chi connectivity index (χ2v) is 4.41. The zero-order chi connectivity index (χ0) is 11.5. The van der Waals surface area contributed by atoms with Gasteiger partial charge in [-0.1, -0.05) is 6.92 Å². The van der Waals surface area contributed by atoms with Crippen LogP contribution in [0.3, 0.4) is 0 Å². The molecule has 16 heavy (non-hydrogen) atoms. The molecule has 0 spiro atoms. The van der Waals surface area contributed by atoms with Crippen molar-refractivity contribution in [1.82, 2.24) is 14.5 Å². The third-order valence-electron chi connectivity index (χ3n) is 2.98. The van der Waals surface area contributed by atoms with Crippen LogP contribution in [0.5, 0.6) is 0 Å². The first kappa shape index (κ1) is 11.6. The van der Waals surface area contributed by atoms with Crippen LogP contribution in [0.15, 0.2) is 12.5 Å². The van der Waals surface area contributed by atoms with E-state index in [1.54, 1.807) is 0 Å². The minimum Gasteiger partial charge on any atom is -0.389 e. The molecule has 2 rings (SSSR count).